The van der Waals surface area contributed by atoms with E-state index >= 15 is 0 Å². The highest BCUT2D eigenvalue weighted by molar-refractivity contribution is 6.16. The molecule has 2 N–H and O–H groups in total. The van der Waals surface area contributed by atoms with E-state index in [1.165, 1.54) is 65.9 Å². The van der Waals surface area contributed by atoms with E-state index in [4.69, 9.17) is 9.97 Å². The molecule has 17 rings (SSSR count). The molecule has 4 heteroatoms. The van der Waals surface area contributed by atoms with Crippen molar-refractivity contribution in [3.05, 3.63) is 113 Å². The number of nitrogens with zero attached hydrogens (tertiary/aromatic N) is 2. The van der Waals surface area contributed by atoms with E-state index in [0.717, 1.165) is 126 Å². The Hall–Kier alpha value is -5.48. The number of fused-ring (bicyclic) bond motifs is 16. The summed E-state index contributed by atoms with van der Waals surface area (Å²) in [7, 11) is 0. The van der Waals surface area contributed by atoms with Gasteiger partial charge < -0.3 is 9.97 Å². The van der Waals surface area contributed by atoms with Crippen LogP contribution in [0.15, 0.2) is 24.3 Å². The average Bonchev–Trinajstić information content (AvgIpc) is 4.11. The van der Waals surface area contributed by atoms with Crippen molar-refractivity contribution in [1.82, 2.24) is 19.9 Å². The van der Waals surface area contributed by atoms with Crippen molar-refractivity contribution in [3.8, 4) is 45.0 Å². The van der Waals surface area contributed by atoms with Crippen LogP contribution in [0.4, 0.5) is 0 Å². The topological polar surface area (TPSA) is 57.4 Å². The standard InChI is InChI=1S/C60H62N4/c1-9-29-30(10-2)38-18-17-37(29)53-45-25-47-55-39-19-20-41(32(12-4)31(39)11-3)57(55)49(62-47)27-51-59-43-23-24-44(36(16-8)35(43)15-7)60(59)52(64-51)28-50-58-42-22-21-40(33(13-5)34(42)14-6)56(58)48(63-50)26-46(61-45)54(38)53/h25-28,61,64H,9-24H2,1-8H3. The molecule has 64 heavy (non-hydrogen) atoms. The van der Waals surface area contributed by atoms with Crippen LogP contribution in [0.5, 0.6) is 0 Å². The van der Waals surface area contributed by atoms with Crippen molar-refractivity contribution >= 4 is 43.6 Å². The van der Waals surface area contributed by atoms with Crippen LogP contribution in [0.1, 0.15) is 144 Å². The SMILES string of the molecule is CCc1c(CC)c2c3c(c1CC2)-c1cc2[nH]c(cc4nc(cc5[nH]c(cc-3n1)c1c3c(CC)c(CC)c(c51)CC3)-c1c3c(CC)c(CC)c(c1-4)CC3)c1c3c(CC)c(CC)c(c21)CC3. The van der Waals surface area contributed by atoms with Crippen molar-refractivity contribution in [3.63, 3.8) is 0 Å². The molecule has 0 saturated carbocycles. The molecule has 7 aromatic rings. The quantitative estimate of drug-likeness (QED) is 0.160. The maximum Gasteiger partial charge on any atom is 0.0740 e. The first-order valence-electron chi connectivity index (χ1n) is 25.5. The lowest BCUT2D eigenvalue weighted by Crippen LogP contribution is -2.15. The fraction of sp³-hybridized carbons (Fsp3) is 0.400. The molecular weight excluding hydrogens is 777 g/mol. The number of hydrogen-bond acceptors (Lipinski definition) is 2. The Morgan fingerprint density at radius 1 is 0.297 bits per heavy atom. The molecule has 5 heterocycles. The van der Waals surface area contributed by atoms with Crippen molar-refractivity contribution in [2.24, 2.45) is 0 Å². The summed E-state index contributed by atoms with van der Waals surface area (Å²) in [6.07, 6.45) is 17.5. The molecule has 10 aliphatic rings. The highest BCUT2D eigenvalue weighted by Gasteiger charge is 2.36. The second-order valence-corrected chi connectivity index (χ2v) is 19.7. The highest BCUT2D eigenvalue weighted by Crippen LogP contribution is 2.53. The lowest BCUT2D eigenvalue weighted by molar-refractivity contribution is 0.846. The van der Waals surface area contributed by atoms with Crippen LogP contribution >= 0.6 is 0 Å². The van der Waals surface area contributed by atoms with Gasteiger partial charge in [-0.25, -0.2) is 9.97 Å². The van der Waals surface area contributed by atoms with Crippen LogP contribution in [0.3, 0.4) is 0 Å². The van der Waals surface area contributed by atoms with E-state index in [1.54, 1.807) is 89.0 Å². The lowest BCUT2D eigenvalue weighted by atomic mass is 9.75. The minimum Gasteiger partial charge on any atom is -0.354 e. The molecule has 0 radical (unpaired) electrons. The summed E-state index contributed by atoms with van der Waals surface area (Å²) in [6.45, 7) is 19.0. The van der Waals surface area contributed by atoms with E-state index in [0.29, 0.717) is 0 Å². The van der Waals surface area contributed by atoms with Gasteiger partial charge >= 0.3 is 0 Å². The van der Waals surface area contributed by atoms with Crippen LogP contribution in [-0.2, 0) is 103 Å². The van der Waals surface area contributed by atoms with Gasteiger partial charge in [-0.1, -0.05) is 55.4 Å². The zero-order valence-electron chi connectivity index (χ0n) is 39.5. The number of nitrogens with one attached hydrogen (secondary N) is 2. The van der Waals surface area contributed by atoms with Crippen molar-refractivity contribution in [2.45, 2.75) is 158 Å². The average molecular weight is 839 g/mol. The molecule has 0 unspecified atom stereocenters. The number of benzene rings is 4. The molecule has 0 spiro atoms. The predicted molar refractivity (Wildman–Crippen MR) is 270 cm³/mol. The molecule has 0 amide bonds. The minimum absolute atomic E-state index is 1.07. The van der Waals surface area contributed by atoms with Gasteiger partial charge in [0.15, 0.2) is 0 Å². The van der Waals surface area contributed by atoms with Gasteiger partial charge in [0.05, 0.1) is 22.8 Å². The number of rotatable bonds is 8. The van der Waals surface area contributed by atoms with Gasteiger partial charge in [0.25, 0.3) is 0 Å². The van der Waals surface area contributed by atoms with Crippen molar-refractivity contribution in [2.75, 3.05) is 0 Å². The first-order chi connectivity index (χ1) is 31.4. The van der Waals surface area contributed by atoms with Gasteiger partial charge in [-0.2, -0.15) is 0 Å². The lowest BCUT2D eigenvalue weighted by Gasteiger charge is -2.28. The Morgan fingerprint density at radius 2 is 0.484 bits per heavy atom. The largest absolute Gasteiger partial charge is 0.354 e. The minimum atomic E-state index is 1.07. The number of aromatic amines is 2. The second kappa shape index (κ2) is 14.0. The van der Waals surface area contributed by atoms with Crippen molar-refractivity contribution < 1.29 is 0 Å². The fourth-order valence-electron chi connectivity index (χ4n) is 15.2. The Balaban J connectivity index is 1.28. The first-order valence-corrected chi connectivity index (χ1v) is 25.5. The molecular formula is C60H62N4. The van der Waals surface area contributed by atoms with Crippen LogP contribution in [0.2, 0.25) is 0 Å². The van der Waals surface area contributed by atoms with Crippen LogP contribution in [0, 0.1) is 0 Å². The van der Waals surface area contributed by atoms with Crippen molar-refractivity contribution in [1.29, 1.82) is 0 Å². The molecule has 322 valence electrons. The summed E-state index contributed by atoms with van der Waals surface area (Å²) < 4.78 is 0. The summed E-state index contributed by atoms with van der Waals surface area (Å²) in [6, 6.07) is 9.93. The van der Waals surface area contributed by atoms with Gasteiger partial charge in [-0.05, 0) is 216 Å². The smallest absolute Gasteiger partial charge is 0.0740 e. The van der Waals surface area contributed by atoms with E-state index in [2.05, 4.69) is 89.6 Å². The predicted octanol–water partition coefficient (Wildman–Crippen LogP) is 14.2. The summed E-state index contributed by atoms with van der Waals surface area (Å²) in [5, 5.41) is 5.73. The Bertz CT molecular complexity index is 3020. The molecule has 4 aromatic carbocycles. The normalized spacial score (nSPS) is 14.9. The fourth-order valence-corrected chi connectivity index (χ4v) is 15.2. The van der Waals surface area contributed by atoms with E-state index in [9.17, 15) is 0 Å². The van der Waals surface area contributed by atoms with Gasteiger partial charge in [0.1, 0.15) is 0 Å². The summed E-state index contributed by atoms with van der Waals surface area (Å²) in [5.41, 5.74) is 40.1. The maximum absolute atomic E-state index is 5.85. The third kappa shape index (κ3) is 4.80. The van der Waals surface area contributed by atoms with Gasteiger partial charge in [0.2, 0.25) is 0 Å². The number of hydrogen-bond donors (Lipinski definition) is 2. The number of aromatic nitrogens is 4. The monoisotopic (exact) mass is 838 g/mol. The zero-order valence-corrected chi connectivity index (χ0v) is 39.5. The molecule has 0 saturated heterocycles. The second-order valence-electron chi connectivity index (χ2n) is 19.7. The zero-order chi connectivity index (χ0) is 43.4. The number of H-pyrrole nitrogens is 2. The summed E-state index contributed by atoms with van der Waals surface area (Å²) in [4.78, 5) is 20.1. The summed E-state index contributed by atoms with van der Waals surface area (Å²) >= 11 is 0. The Labute approximate surface area is 378 Å². The van der Waals surface area contributed by atoms with Crippen LogP contribution < -0.4 is 0 Å². The Kier molecular flexibility index (Phi) is 8.52. The molecule has 8 aliphatic carbocycles. The molecule has 2 aliphatic heterocycles. The molecule has 16 bridgehead atoms. The van der Waals surface area contributed by atoms with E-state index in [-0.39, 0.29) is 0 Å². The summed E-state index contributed by atoms with van der Waals surface area (Å²) in [5.74, 6) is 0. The molecule has 4 nitrogen and oxygen atoms in total. The highest BCUT2D eigenvalue weighted by atomic mass is 14.8. The van der Waals surface area contributed by atoms with E-state index in [1.807, 2.05) is 0 Å². The van der Waals surface area contributed by atoms with Gasteiger partial charge in [-0.15, -0.1) is 0 Å². The molecule has 0 atom stereocenters. The van der Waals surface area contributed by atoms with Crippen LogP contribution in [0.25, 0.3) is 88.6 Å². The van der Waals surface area contributed by atoms with Crippen LogP contribution in [-0.4, -0.2) is 19.9 Å². The maximum atomic E-state index is 5.85. The molecule has 0 fully saturated rings. The van der Waals surface area contributed by atoms with Gasteiger partial charge in [0, 0.05) is 65.9 Å². The molecule has 3 aromatic heterocycles. The van der Waals surface area contributed by atoms with E-state index < -0.39 is 0 Å². The third-order valence-corrected chi connectivity index (χ3v) is 17.4. The third-order valence-electron chi connectivity index (χ3n) is 17.4. The van der Waals surface area contributed by atoms with Gasteiger partial charge in [-0.3, -0.25) is 0 Å². The Morgan fingerprint density at radius 3 is 0.688 bits per heavy atom. The first kappa shape index (κ1) is 38.9. The number of aryl methyl sites for hydroxylation is 4.